The highest BCUT2D eigenvalue weighted by atomic mass is 127. The fourth-order valence-electron chi connectivity index (χ4n) is 1.68. The number of carbonyl (C=O) groups excluding carboxylic acids is 1. The number of amides is 1. The minimum Gasteiger partial charge on any atom is -0.445 e. The molecular formula is C7H10INO2. The highest BCUT2D eigenvalue weighted by molar-refractivity contribution is 14.1. The molecule has 1 amide bonds. The number of hydrogen-bond donors (Lipinski definition) is 1. The van der Waals surface area contributed by atoms with Crippen molar-refractivity contribution in [3.05, 3.63) is 0 Å². The van der Waals surface area contributed by atoms with Crippen molar-refractivity contribution in [3.63, 3.8) is 0 Å². The molecule has 1 saturated carbocycles. The van der Waals surface area contributed by atoms with Gasteiger partial charge in [0.1, 0.15) is 6.10 Å². The Morgan fingerprint density at radius 2 is 2.36 bits per heavy atom. The van der Waals surface area contributed by atoms with Crippen LogP contribution in [0.5, 0.6) is 0 Å². The van der Waals surface area contributed by atoms with Crippen molar-refractivity contribution in [3.8, 4) is 0 Å². The number of hydrogen-bond acceptors (Lipinski definition) is 2. The molecule has 2 rings (SSSR count). The van der Waals surface area contributed by atoms with Gasteiger partial charge in [-0.25, -0.2) is 4.79 Å². The molecule has 0 aromatic carbocycles. The SMILES string of the molecule is O=C1N[C@@H]2CCC(I)[C@@H](C2)O1. The van der Waals surface area contributed by atoms with Crippen LogP contribution in [0.25, 0.3) is 0 Å². The van der Waals surface area contributed by atoms with Crippen molar-refractivity contribution < 1.29 is 9.53 Å². The third kappa shape index (κ3) is 1.45. The van der Waals surface area contributed by atoms with E-state index in [4.69, 9.17) is 4.74 Å². The van der Waals surface area contributed by atoms with Gasteiger partial charge in [0, 0.05) is 16.4 Å². The predicted octanol–water partition coefficient (Wildman–Crippen LogP) is 1.45. The summed E-state index contributed by atoms with van der Waals surface area (Å²) >= 11 is 2.37. The maximum Gasteiger partial charge on any atom is 0.407 e. The third-order valence-electron chi connectivity index (χ3n) is 2.29. The van der Waals surface area contributed by atoms with Gasteiger partial charge in [0.25, 0.3) is 0 Å². The van der Waals surface area contributed by atoms with Crippen LogP contribution in [0.15, 0.2) is 0 Å². The van der Waals surface area contributed by atoms with Gasteiger partial charge in [0.05, 0.1) is 0 Å². The monoisotopic (exact) mass is 267 g/mol. The van der Waals surface area contributed by atoms with Gasteiger partial charge in [-0.1, -0.05) is 22.6 Å². The van der Waals surface area contributed by atoms with Crippen LogP contribution in [0.1, 0.15) is 19.3 Å². The number of fused-ring (bicyclic) bond motifs is 2. The quantitative estimate of drug-likeness (QED) is 0.533. The first-order chi connectivity index (χ1) is 5.25. The molecule has 0 radical (unpaired) electrons. The Labute approximate surface area is 79.0 Å². The van der Waals surface area contributed by atoms with E-state index in [2.05, 4.69) is 27.9 Å². The number of ether oxygens (including phenoxy) is 1. The van der Waals surface area contributed by atoms with Gasteiger partial charge in [-0.2, -0.15) is 0 Å². The summed E-state index contributed by atoms with van der Waals surface area (Å²) in [5.41, 5.74) is 0. The van der Waals surface area contributed by atoms with E-state index in [1.165, 1.54) is 0 Å². The molecule has 1 heterocycles. The summed E-state index contributed by atoms with van der Waals surface area (Å²) in [6.07, 6.45) is 3.21. The molecule has 3 nitrogen and oxygen atoms in total. The third-order valence-corrected chi connectivity index (χ3v) is 3.72. The van der Waals surface area contributed by atoms with Crippen molar-refractivity contribution in [1.82, 2.24) is 5.32 Å². The lowest BCUT2D eigenvalue weighted by atomic mass is 9.92. The van der Waals surface area contributed by atoms with Gasteiger partial charge in [-0.05, 0) is 12.8 Å². The second-order valence-electron chi connectivity index (χ2n) is 3.11. The zero-order valence-electron chi connectivity index (χ0n) is 6.05. The van der Waals surface area contributed by atoms with Crippen molar-refractivity contribution >= 4 is 28.7 Å². The number of halogens is 1. The average Bonchev–Trinajstić information content (AvgIpc) is 1.97. The lowest BCUT2D eigenvalue weighted by Crippen LogP contribution is -2.51. The predicted molar refractivity (Wildman–Crippen MR) is 48.9 cm³/mol. The normalized spacial score (nSPS) is 42.6. The molecule has 1 saturated heterocycles. The first kappa shape index (κ1) is 7.64. The molecule has 1 N–H and O–H groups in total. The molecule has 1 aliphatic heterocycles. The van der Waals surface area contributed by atoms with Crippen molar-refractivity contribution in [2.45, 2.75) is 35.3 Å². The molecule has 2 aliphatic rings. The van der Waals surface area contributed by atoms with E-state index in [1.807, 2.05) is 0 Å². The minimum atomic E-state index is -0.229. The number of rotatable bonds is 0. The van der Waals surface area contributed by atoms with Crippen LogP contribution < -0.4 is 5.32 Å². The molecule has 62 valence electrons. The van der Waals surface area contributed by atoms with E-state index in [1.54, 1.807) is 0 Å². The molecule has 0 aromatic rings. The molecule has 0 aromatic heterocycles. The van der Waals surface area contributed by atoms with Gasteiger partial charge in [0.15, 0.2) is 0 Å². The first-order valence-corrected chi connectivity index (χ1v) is 5.11. The second-order valence-corrected chi connectivity index (χ2v) is 4.71. The van der Waals surface area contributed by atoms with Gasteiger partial charge < -0.3 is 10.1 Å². The van der Waals surface area contributed by atoms with Crippen molar-refractivity contribution in [2.75, 3.05) is 0 Å². The zero-order valence-corrected chi connectivity index (χ0v) is 8.21. The van der Waals surface area contributed by atoms with Gasteiger partial charge in [-0.3, -0.25) is 0 Å². The Kier molecular flexibility index (Phi) is 1.95. The summed E-state index contributed by atoms with van der Waals surface area (Å²) in [5.74, 6) is 0. The van der Waals surface area contributed by atoms with E-state index in [0.29, 0.717) is 9.97 Å². The van der Waals surface area contributed by atoms with Crippen LogP contribution in [0.4, 0.5) is 4.79 Å². The zero-order chi connectivity index (χ0) is 7.84. The molecule has 2 fully saturated rings. The standard InChI is InChI=1S/C7H10INO2/c8-5-2-1-4-3-6(5)11-7(10)9-4/h4-6H,1-3H2,(H,9,10)/t4-,5?,6-/m1/s1. The Morgan fingerprint density at radius 1 is 1.55 bits per heavy atom. The first-order valence-electron chi connectivity index (χ1n) is 3.87. The van der Waals surface area contributed by atoms with E-state index in [0.717, 1.165) is 19.3 Å². The van der Waals surface area contributed by atoms with Crippen molar-refractivity contribution in [1.29, 1.82) is 0 Å². The van der Waals surface area contributed by atoms with E-state index in [9.17, 15) is 4.79 Å². The lowest BCUT2D eigenvalue weighted by Gasteiger charge is -2.37. The number of carbonyl (C=O) groups is 1. The van der Waals surface area contributed by atoms with E-state index < -0.39 is 0 Å². The second kappa shape index (κ2) is 2.80. The van der Waals surface area contributed by atoms with E-state index in [-0.39, 0.29) is 12.2 Å². The number of alkyl carbamates (subject to hydrolysis) is 1. The summed E-state index contributed by atoms with van der Waals surface area (Å²) in [7, 11) is 0. The molecule has 4 heteroatoms. The van der Waals surface area contributed by atoms with Crippen LogP contribution >= 0.6 is 22.6 Å². The molecule has 11 heavy (non-hydrogen) atoms. The van der Waals surface area contributed by atoms with Gasteiger partial charge in [0.2, 0.25) is 0 Å². The maximum absolute atomic E-state index is 10.9. The fourth-order valence-corrected chi connectivity index (χ4v) is 2.48. The largest absolute Gasteiger partial charge is 0.445 e. The summed E-state index contributed by atoms with van der Waals surface area (Å²) in [5, 5.41) is 2.80. The lowest BCUT2D eigenvalue weighted by molar-refractivity contribution is 0.0424. The summed E-state index contributed by atoms with van der Waals surface area (Å²) in [6, 6.07) is 0.382. The summed E-state index contributed by atoms with van der Waals surface area (Å²) < 4.78 is 5.63. The van der Waals surface area contributed by atoms with Crippen LogP contribution in [0.2, 0.25) is 0 Å². The average molecular weight is 267 g/mol. The Hall–Kier alpha value is -0.0000000000000000555. The summed E-state index contributed by atoms with van der Waals surface area (Å²) in [4.78, 5) is 10.9. The maximum atomic E-state index is 10.9. The van der Waals surface area contributed by atoms with Crippen molar-refractivity contribution in [2.24, 2.45) is 0 Å². The smallest absolute Gasteiger partial charge is 0.407 e. The summed E-state index contributed by atoms with van der Waals surface area (Å²) in [6.45, 7) is 0. The molecule has 3 atom stereocenters. The van der Waals surface area contributed by atoms with Crippen LogP contribution in [0.3, 0.4) is 0 Å². The molecule has 1 aliphatic carbocycles. The Morgan fingerprint density at radius 3 is 3.18 bits per heavy atom. The molecule has 2 bridgehead atoms. The minimum absolute atomic E-state index is 0.170. The Balaban J connectivity index is 2.08. The van der Waals surface area contributed by atoms with Crippen LogP contribution in [0, 0.1) is 0 Å². The number of nitrogens with one attached hydrogen (secondary N) is 1. The highest BCUT2D eigenvalue weighted by Crippen LogP contribution is 2.30. The fraction of sp³-hybridized carbons (Fsp3) is 0.857. The molecular weight excluding hydrogens is 257 g/mol. The topological polar surface area (TPSA) is 38.3 Å². The Bertz CT molecular complexity index is 185. The van der Waals surface area contributed by atoms with Gasteiger partial charge >= 0.3 is 6.09 Å². The highest BCUT2D eigenvalue weighted by Gasteiger charge is 2.36. The number of alkyl halides is 1. The van der Waals surface area contributed by atoms with Crippen LogP contribution in [-0.2, 0) is 4.74 Å². The van der Waals surface area contributed by atoms with E-state index >= 15 is 0 Å². The van der Waals surface area contributed by atoms with Gasteiger partial charge in [-0.15, -0.1) is 0 Å². The van der Waals surface area contributed by atoms with Crippen LogP contribution in [-0.4, -0.2) is 22.2 Å². The molecule has 0 spiro atoms. The molecule has 1 unspecified atom stereocenters.